The summed E-state index contributed by atoms with van der Waals surface area (Å²) in [5.74, 6) is -0.0412. The number of rotatable bonds is 70. The summed E-state index contributed by atoms with van der Waals surface area (Å²) >= 11 is 0. The van der Waals surface area contributed by atoms with Gasteiger partial charge in [-0.1, -0.05) is 392 Å². The molecule has 0 aliphatic carbocycles. The van der Waals surface area contributed by atoms with E-state index in [0.29, 0.717) is 19.4 Å². The molecule has 2 atom stereocenters. The van der Waals surface area contributed by atoms with E-state index >= 15 is 0 Å². The molecule has 0 heterocycles. The monoisotopic (exact) mass is 1130 g/mol. The van der Waals surface area contributed by atoms with Crippen LogP contribution in [-0.4, -0.2) is 47.4 Å². The average Bonchev–Trinajstić information content (AvgIpc) is 3.46. The van der Waals surface area contributed by atoms with Crippen molar-refractivity contribution in [3.8, 4) is 0 Å². The molecule has 0 spiro atoms. The van der Waals surface area contributed by atoms with Crippen molar-refractivity contribution in [3.63, 3.8) is 0 Å². The number of allylic oxidation sites excluding steroid dienone is 1. The molecule has 0 radical (unpaired) electrons. The predicted molar refractivity (Wildman–Crippen MR) is 352 cm³/mol. The number of hydrogen-bond donors (Lipinski definition) is 3. The summed E-state index contributed by atoms with van der Waals surface area (Å²) in [6, 6.07) is -0.627. The van der Waals surface area contributed by atoms with Crippen LogP contribution in [0.1, 0.15) is 425 Å². The van der Waals surface area contributed by atoms with E-state index in [1.54, 1.807) is 6.08 Å². The van der Waals surface area contributed by atoms with Gasteiger partial charge in [-0.25, -0.2) is 0 Å². The van der Waals surface area contributed by atoms with Crippen LogP contribution in [-0.2, 0) is 14.3 Å². The van der Waals surface area contributed by atoms with E-state index in [2.05, 4.69) is 19.2 Å². The number of aliphatic hydroxyl groups is 2. The van der Waals surface area contributed by atoms with Crippen molar-refractivity contribution >= 4 is 11.9 Å². The summed E-state index contributed by atoms with van der Waals surface area (Å²) in [7, 11) is 0. The molecule has 0 fully saturated rings. The molecule has 2 unspecified atom stereocenters. The Labute approximate surface area is 501 Å². The zero-order valence-electron chi connectivity index (χ0n) is 54.6. The smallest absolute Gasteiger partial charge is 0.305 e. The summed E-state index contributed by atoms with van der Waals surface area (Å²) < 4.78 is 5.51. The molecule has 0 aliphatic heterocycles. The van der Waals surface area contributed by atoms with Crippen molar-refractivity contribution in [1.82, 2.24) is 5.32 Å². The molecule has 0 aromatic rings. The molecule has 3 N–H and O–H groups in total. The second-order valence-electron chi connectivity index (χ2n) is 25.6. The number of unbranched alkanes of at least 4 members (excludes halogenated alkanes) is 59. The van der Waals surface area contributed by atoms with Crippen molar-refractivity contribution in [1.29, 1.82) is 0 Å². The first-order valence-electron chi connectivity index (χ1n) is 37.0. The van der Waals surface area contributed by atoms with E-state index in [0.717, 1.165) is 38.5 Å². The lowest BCUT2D eigenvalue weighted by molar-refractivity contribution is -0.143. The van der Waals surface area contributed by atoms with Crippen LogP contribution in [0.5, 0.6) is 0 Å². The largest absolute Gasteiger partial charge is 0.466 e. The van der Waals surface area contributed by atoms with Crippen LogP contribution in [0.2, 0.25) is 0 Å². The van der Waals surface area contributed by atoms with Gasteiger partial charge >= 0.3 is 5.97 Å². The summed E-state index contributed by atoms with van der Waals surface area (Å²) in [5, 5.41) is 23.3. The van der Waals surface area contributed by atoms with Gasteiger partial charge in [-0.15, -0.1) is 0 Å². The highest BCUT2D eigenvalue weighted by atomic mass is 16.5. The maximum atomic E-state index is 12.5. The van der Waals surface area contributed by atoms with E-state index < -0.39 is 12.1 Å². The maximum absolute atomic E-state index is 12.5. The average molecular weight is 1130 g/mol. The minimum absolute atomic E-state index is 0.0207. The first-order valence-corrected chi connectivity index (χ1v) is 37.0. The van der Waals surface area contributed by atoms with Crippen LogP contribution in [0.15, 0.2) is 12.2 Å². The molecule has 6 heteroatoms. The van der Waals surface area contributed by atoms with Crippen molar-refractivity contribution in [2.24, 2.45) is 0 Å². The van der Waals surface area contributed by atoms with Gasteiger partial charge in [0, 0.05) is 12.8 Å². The Bertz CT molecular complexity index is 1210. The number of amides is 1. The minimum atomic E-state index is -0.844. The van der Waals surface area contributed by atoms with E-state index in [9.17, 15) is 19.8 Å². The zero-order chi connectivity index (χ0) is 57.8. The van der Waals surface area contributed by atoms with Crippen molar-refractivity contribution < 1.29 is 24.5 Å². The number of carbonyl (C=O) groups excluding carboxylic acids is 2. The van der Waals surface area contributed by atoms with Crippen LogP contribution >= 0.6 is 0 Å². The Morgan fingerprint density at radius 3 is 0.850 bits per heavy atom. The highest BCUT2D eigenvalue weighted by Crippen LogP contribution is 2.20. The van der Waals surface area contributed by atoms with Gasteiger partial charge in [0.05, 0.1) is 25.4 Å². The van der Waals surface area contributed by atoms with Crippen LogP contribution < -0.4 is 5.32 Å². The number of nitrogens with one attached hydrogen (secondary N) is 1. The lowest BCUT2D eigenvalue weighted by Gasteiger charge is -2.20. The number of carbonyl (C=O) groups is 2. The Hall–Kier alpha value is -1.40. The van der Waals surface area contributed by atoms with Gasteiger partial charge in [0.15, 0.2) is 0 Å². The van der Waals surface area contributed by atoms with Crippen LogP contribution in [0, 0.1) is 0 Å². The van der Waals surface area contributed by atoms with Gasteiger partial charge in [0.25, 0.3) is 0 Å². The van der Waals surface area contributed by atoms with Gasteiger partial charge in [0.1, 0.15) is 0 Å². The summed E-state index contributed by atoms with van der Waals surface area (Å²) in [5.41, 5.74) is 0. The van der Waals surface area contributed by atoms with Gasteiger partial charge in [-0.3, -0.25) is 9.59 Å². The molecule has 6 nitrogen and oxygen atoms in total. The fourth-order valence-corrected chi connectivity index (χ4v) is 11.9. The van der Waals surface area contributed by atoms with Crippen LogP contribution in [0.25, 0.3) is 0 Å². The summed E-state index contributed by atoms with van der Waals surface area (Å²) in [6.45, 7) is 4.96. The first kappa shape index (κ1) is 78.6. The Morgan fingerprint density at radius 1 is 0.338 bits per heavy atom. The highest BCUT2D eigenvalue weighted by molar-refractivity contribution is 5.76. The summed E-state index contributed by atoms with van der Waals surface area (Å²) in [4.78, 5) is 24.6. The molecule has 0 aromatic heterocycles. The molecule has 0 rings (SSSR count). The fraction of sp³-hybridized carbons (Fsp3) is 0.946. The lowest BCUT2D eigenvalue weighted by atomic mass is 10.0. The number of aliphatic hydroxyl groups excluding tert-OH is 2. The molecule has 0 aliphatic rings. The van der Waals surface area contributed by atoms with Gasteiger partial charge in [-0.2, -0.15) is 0 Å². The van der Waals surface area contributed by atoms with Crippen LogP contribution in [0.3, 0.4) is 0 Å². The molecule has 0 aromatic carbocycles. The Kier molecular flexibility index (Phi) is 68.9. The third-order valence-corrected chi connectivity index (χ3v) is 17.6. The quantitative estimate of drug-likeness (QED) is 0.0320. The lowest BCUT2D eigenvalue weighted by Crippen LogP contribution is -2.45. The second kappa shape index (κ2) is 70.1. The standard InChI is InChI=1S/C74H145NO5/c1-3-5-7-9-11-13-15-17-19-21-23-28-31-34-38-42-46-50-54-58-62-66-72(77)71(70-76)75-73(78)67-63-59-55-51-47-43-39-35-32-29-26-24-25-27-30-33-37-41-45-49-53-57-61-65-69-80-74(79)68-64-60-56-52-48-44-40-36-22-20-18-16-14-12-10-8-6-4-2/h62,66,71-72,76-77H,3-61,63-65,67-70H2,1-2H3,(H,75,78)/b66-62+. The molecule has 80 heavy (non-hydrogen) atoms. The third kappa shape index (κ3) is 65.7. The second-order valence-corrected chi connectivity index (χ2v) is 25.6. The molecule has 0 saturated heterocycles. The van der Waals surface area contributed by atoms with E-state index in [-0.39, 0.29) is 18.5 Å². The van der Waals surface area contributed by atoms with Crippen molar-refractivity contribution in [3.05, 3.63) is 12.2 Å². The SMILES string of the molecule is CCCCCCCCCCCCCCCCCCCCC/C=C/C(O)C(CO)NC(=O)CCCCCCCCCCCCCCCCCCCCCCCCCCOC(=O)CCCCCCCCCCCCCCCCCCCC. The van der Waals surface area contributed by atoms with E-state index in [4.69, 9.17) is 4.74 Å². The van der Waals surface area contributed by atoms with Crippen LogP contribution in [0.4, 0.5) is 0 Å². The molecule has 476 valence electrons. The Morgan fingerprint density at radius 2 is 0.575 bits per heavy atom. The van der Waals surface area contributed by atoms with Gasteiger partial charge in [-0.05, 0) is 32.1 Å². The van der Waals surface area contributed by atoms with Crippen molar-refractivity contribution in [2.75, 3.05) is 13.2 Å². The summed E-state index contributed by atoms with van der Waals surface area (Å²) in [6.07, 6.45) is 87.3. The van der Waals surface area contributed by atoms with Gasteiger partial charge in [0.2, 0.25) is 5.91 Å². The van der Waals surface area contributed by atoms with Gasteiger partial charge < -0.3 is 20.3 Å². The number of esters is 1. The number of ether oxygens (including phenoxy) is 1. The molecular formula is C74H145NO5. The topological polar surface area (TPSA) is 95.9 Å². The van der Waals surface area contributed by atoms with E-state index in [1.165, 1.54) is 360 Å². The zero-order valence-corrected chi connectivity index (χ0v) is 54.6. The first-order chi connectivity index (χ1) is 39.5. The third-order valence-electron chi connectivity index (χ3n) is 17.6. The Balaban J connectivity index is 3.37. The molecule has 1 amide bonds. The molecular weight excluding hydrogens is 983 g/mol. The number of hydrogen-bond acceptors (Lipinski definition) is 5. The fourth-order valence-electron chi connectivity index (χ4n) is 11.9. The highest BCUT2D eigenvalue weighted by Gasteiger charge is 2.18. The minimum Gasteiger partial charge on any atom is -0.466 e. The normalized spacial score (nSPS) is 12.5. The molecule has 0 bridgehead atoms. The molecule has 0 saturated carbocycles. The predicted octanol–water partition coefficient (Wildman–Crippen LogP) is 23.9. The maximum Gasteiger partial charge on any atom is 0.305 e. The van der Waals surface area contributed by atoms with E-state index in [1.807, 2.05) is 6.08 Å². The van der Waals surface area contributed by atoms with Crippen molar-refractivity contribution in [2.45, 2.75) is 437 Å².